The number of rotatable bonds is 6. The van der Waals surface area contributed by atoms with E-state index in [-0.39, 0.29) is 12.8 Å². The van der Waals surface area contributed by atoms with Crippen molar-refractivity contribution in [3.63, 3.8) is 0 Å². The first-order chi connectivity index (χ1) is 12.6. The molecule has 0 fully saturated rings. The predicted molar refractivity (Wildman–Crippen MR) is 95.2 cm³/mol. The summed E-state index contributed by atoms with van der Waals surface area (Å²) >= 11 is 0. The molecule has 2 aromatic heterocycles. The number of ether oxygens (including phenoxy) is 2. The first-order valence-corrected chi connectivity index (χ1v) is 8.69. The number of nitrogens with two attached hydrogens (primary N) is 1. The molecule has 136 valence electrons. The molecule has 0 saturated carbocycles. The lowest BCUT2D eigenvalue weighted by molar-refractivity contribution is 0.174. The summed E-state index contributed by atoms with van der Waals surface area (Å²) in [4.78, 5) is 11.9. The Kier molecular flexibility index (Phi) is 4.34. The van der Waals surface area contributed by atoms with E-state index < -0.39 is 0 Å². The molecule has 0 bridgehead atoms. The van der Waals surface area contributed by atoms with Gasteiger partial charge in [0.05, 0.1) is 18.1 Å². The van der Waals surface area contributed by atoms with Crippen molar-refractivity contribution >= 4 is 0 Å². The molecule has 3 N–H and O–H groups in total. The van der Waals surface area contributed by atoms with Gasteiger partial charge in [-0.25, -0.2) is 14.6 Å². The van der Waals surface area contributed by atoms with Crippen LogP contribution in [0.3, 0.4) is 0 Å². The highest BCUT2D eigenvalue weighted by Gasteiger charge is 2.21. The summed E-state index contributed by atoms with van der Waals surface area (Å²) in [6.07, 6.45) is 4.82. The molecule has 1 aliphatic heterocycles. The second-order valence-electron chi connectivity index (χ2n) is 6.82. The van der Waals surface area contributed by atoms with E-state index in [1.807, 2.05) is 18.2 Å². The minimum atomic E-state index is -0.311. The molecule has 0 spiro atoms. The van der Waals surface area contributed by atoms with Gasteiger partial charge in [-0.1, -0.05) is 13.8 Å². The van der Waals surface area contributed by atoms with Gasteiger partial charge in [0, 0.05) is 30.8 Å². The van der Waals surface area contributed by atoms with Crippen LogP contribution >= 0.6 is 0 Å². The van der Waals surface area contributed by atoms with E-state index in [0.717, 1.165) is 29.4 Å². The third kappa shape index (κ3) is 3.28. The first kappa shape index (κ1) is 16.6. The molecule has 8 nitrogen and oxygen atoms in total. The Labute approximate surface area is 151 Å². The van der Waals surface area contributed by atoms with Crippen molar-refractivity contribution in [2.45, 2.75) is 32.7 Å². The highest BCUT2D eigenvalue weighted by molar-refractivity contribution is 5.50. The zero-order chi connectivity index (χ0) is 18.1. The molecule has 1 aliphatic rings. The van der Waals surface area contributed by atoms with E-state index in [9.17, 15) is 0 Å². The monoisotopic (exact) mass is 354 g/mol. The number of H-pyrrole nitrogens is 1. The van der Waals surface area contributed by atoms with Gasteiger partial charge >= 0.3 is 0 Å². The van der Waals surface area contributed by atoms with Crippen molar-refractivity contribution in [3.05, 3.63) is 48.1 Å². The number of imidazole rings is 1. The van der Waals surface area contributed by atoms with Crippen LogP contribution in [0.15, 0.2) is 30.7 Å². The van der Waals surface area contributed by atoms with Gasteiger partial charge in [0.1, 0.15) is 5.82 Å². The fourth-order valence-corrected chi connectivity index (χ4v) is 2.99. The number of fused-ring (bicyclic) bond motifs is 1. The van der Waals surface area contributed by atoms with Crippen LogP contribution in [0.1, 0.15) is 37.2 Å². The smallest absolute Gasteiger partial charge is 0.231 e. The molecular formula is C18H22N6O2. The highest BCUT2D eigenvalue weighted by Crippen LogP contribution is 2.34. The summed E-state index contributed by atoms with van der Waals surface area (Å²) in [6, 6.07) is 5.41. The lowest BCUT2D eigenvalue weighted by atomic mass is 10.1. The molecule has 0 amide bonds. The van der Waals surface area contributed by atoms with Gasteiger partial charge in [-0.15, -0.1) is 0 Å². The van der Waals surface area contributed by atoms with Gasteiger partial charge in [-0.3, -0.25) is 0 Å². The maximum absolute atomic E-state index is 6.45. The Hall–Kier alpha value is -2.87. The average molecular weight is 354 g/mol. The molecule has 26 heavy (non-hydrogen) atoms. The maximum Gasteiger partial charge on any atom is 0.231 e. The normalized spacial score (nSPS) is 14.2. The summed E-state index contributed by atoms with van der Waals surface area (Å²) in [5.41, 5.74) is 8.27. The summed E-state index contributed by atoms with van der Waals surface area (Å²) in [5, 5.41) is 4.70. The second kappa shape index (κ2) is 6.80. The van der Waals surface area contributed by atoms with Gasteiger partial charge in [0.25, 0.3) is 0 Å². The van der Waals surface area contributed by atoms with Crippen molar-refractivity contribution < 1.29 is 9.47 Å². The topological polar surface area (TPSA) is 104 Å². The van der Waals surface area contributed by atoms with Crippen LogP contribution < -0.4 is 15.2 Å². The van der Waals surface area contributed by atoms with Crippen LogP contribution in [-0.4, -0.2) is 31.5 Å². The molecule has 1 aromatic carbocycles. The van der Waals surface area contributed by atoms with E-state index in [1.165, 1.54) is 0 Å². The number of nitrogens with one attached hydrogen (secondary N) is 1. The molecule has 0 aliphatic carbocycles. The van der Waals surface area contributed by atoms with E-state index in [0.29, 0.717) is 23.9 Å². The molecule has 3 aromatic rings. The summed E-state index contributed by atoms with van der Waals surface area (Å²) in [7, 11) is 0. The third-order valence-electron chi connectivity index (χ3n) is 4.19. The number of benzene rings is 1. The number of hydrogen-bond donors (Lipinski definition) is 2. The van der Waals surface area contributed by atoms with Crippen molar-refractivity contribution in [2.75, 3.05) is 6.79 Å². The quantitative estimate of drug-likeness (QED) is 0.703. The van der Waals surface area contributed by atoms with Crippen LogP contribution in [0.5, 0.6) is 11.5 Å². The third-order valence-corrected chi connectivity index (χ3v) is 4.19. The number of hydrogen-bond acceptors (Lipinski definition) is 6. The van der Waals surface area contributed by atoms with Crippen molar-refractivity contribution in [2.24, 2.45) is 11.7 Å². The molecular weight excluding hydrogens is 332 g/mol. The fourth-order valence-electron chi connectivity index (χ4n) is 2.99. The highest BCUT2D eigenvalue weighted by atomic mass is 16.7. The lowest BCUT2D eigenvalue weighted by Gasteiger charge is -2.12. The largest absolute Gasteiger partial charge is 0.454 e. The molecule has 0 saturated heterocycles. The first-order valence-electron chi connectivity index (χ1n) is 8.69. The summed E-state index contributed by atoms with van der Waals surface area (Å²) in [5.74, 6) is 3.40. The molecule has 8 heteroatoms. The zero-order valence-corrected chi connectivity index (χ0v) is 14.8. The van der Waals surface area contributed by atoms with Crippen molar-refractivity contribution in [1.29, 1.82) is 0 Å². The van der Waals surface area contributed by atoms with Gasteiger partial charge in [-0.2, -0.15) is 5.10 Å². The summed E-state index contributed by atoms with van der Waals surface area (Å²) < 4.78 is 12.7. The van der Waals surface area contributed by atoms with Crippen molar-refractivity contribution in [1.82, 2.24) is 24.7 Å². The minimum absolute atomic E-state index is 0.237. The fraction of sp³-hybridized carbons (Fsp3) is 0.389. The van der Waals surface area contributed by atoms with Crippen LogP contribution in [0.2, 0.25) is 0 Å². The van der Waals surface area contributed by atoms with Crippen molar-refractivity contribution in [3.8, 4) is 17.2 Å². The Morgan fingerprint density at radius 1 is 1.23 bits per heavy atom. The molecule has 1 atom stereocenters. The number of nitrogens with zero attached hydrogens (tertiary/aromatic N) is 4. The minimum Gasteiger partial charge on any atom is -0.454 e. The number of aromatic nitrogens is 5. The van der Waals surface area contributed by atoms with Crippen LogP contribution in [0.25, 0.3) is 5.69 Å². The number of aromatic amines is 1. The van der Waals surface area contributed by atoms with Gasteiger partial charge in [-0.05, 0) is 18.1 Å². The summed E-state index contributed by atoms with van der Waals surface area (Å²) in [6.45, 7) is 4.53. The van der Waals surface area contributed by atoms with E-state index in [4.69, 9.17) is 25.3 Å². The SMILES string of the molecule is CC(C)Cc1nc([C@@H](N)Cc2cnc[nH]2)n(-c2ccc3c(c2)OCO3)n1. The molecule has 3 heterocycles. The van der Waals surface area contributed by atoms with Gasteiger partial charge in [0.15, 0.2) is 17.3 Å². The maximum atomic E-state index is 6.45. The molecule has 0 unspecified atom stereocenters. The Morgan fingerprint density at radius 2 is 2.08 bits per heavy atom. The lowest BCUT2D eigenvalue weighted by Crippen LogP contribution is -2.19. The Morgan fingerprint density at radius 3 is 2.85 bits per heavy atom. The van der Waals surface area contributed by atoms with E-state index in [1.54, 1.807) is 17.2 Å². The van der Waals surface area contributed by atoms with Crippen LogP contribution in [0, 0.1) is 5.92 Å². The van der Waals surface area contributed by atoms with E-state index >= 15 is 0 Å². The van der Waals surface area contributed by atoms with Gasteiger partial charge in [0.2, 0.25) is 6.79 Å². The van der Waals surface area contributed by atoms with E-state index in [2.05, 4.69) is 23.8 Å². The van der Waals surface area contributed by atoms with Gasteiger partial charge < -0.3 is 20.2 Å². The Bertz CT molecular complexity index is 887. The van der Waals surface area contributed by atoms with Crippen LogP contribution in [0.4, 0.5) is 0 Å². The standard InChI is InChI=1S/C18H22N6O2/c1-11(2)5-17-22-18(14(19)6-12-8-20-9-21-12)24(23-17)13-3-4-15-16(7-13)26-10-25-15/h3-4,7-9,11,14H,5-6,10,19H2,1-2H3,(H,20,21)/t14-/m0/s1. The predicted octanol–water partition coefficient (Wildman–Crippen LogP) is 2.16. The zero-order valence-electron chi connectivity index (χ0n) is 14.8. The Balaban J connectivity index is 1.70. The average Bonchev–Trinajstić information content (AvgIpc) is 3.33. The molecule has 0 radical (unpaired) electrons. The van der Waals surface area contributed by atoms with Crippen LogP contribution in [-0.2, 0) is 12.8 Å². The molecule has 4 rings (SSSR count). The second-order valence-corrected chi connectivity index (χ2v) is 6.82.